The van der Waals surface area contributed by atoms with Gasteiger partial charge < -0.3 is 24.1 Å². The molecule has 0 unspecified atom stereocenters. The number of anilines is 1. The van der Waals surface area contributed by atoms with E-state index in [9.17, 15) is 9.18 Å². The first kappa shape index (κ1) is 28.3. The molecule has 0 amide bonds. The highest BCUT2D eigenvalue weighted by Crippen LogP contribution is 2.52. The smallest absolute Gasteiger partial charge is 0.165 e. The van der Waals surface area contributed by atoms with E-state index in [-0.39, 0.29) is 11.4 Å². The van der Waals surface area contributed by atoms with Crippen LogP contribution in [0.25, 0.3) is 11.0 Å². The van der Waals surface area contributed by atoms with Gasteiger partial charge in [0.15, 0.2) is 17.8 Å². The second-order valence-corrected chi connectivity index (χ2v) is 13.8. The number of fused-ring (bicyclic) bond motifs is 2. The topological polar surface area (TPSA) is 83.2 Å². The number of carbonyl (C=O) groups excluding carboxylic acids is 1. The molecule has 1 aliphatic carbocycles. The Balaban J connectivity index is 0.843. The summed E-state index contributed by atoms with van der Waals surface area (Å²) in [6.45, 7) is 11.8. The number of aromatic amines is 1. The van der Waals surface area contributed by atoms with E-state index < -0.39 is 0 Å². The molecular weight excluding hydrogens is 573 g/mol. The maximum atomic E-state index is 14.1. The molecule has 5 heterocycles. The number of halogens is 1. The standard InChI is InChI=1S/C35H38FN5O4/c1-34(2)22-43-32-23(4-3-5-30(32)45-34)18-39-8-10-40(11-9-39)26-14-35(15-26)20-41(21-35)25-7-6-24(19-42)31(12-25)44-27-13-28-29(36)17-38-33(28)37-16-27/h3-7,12-13,16-17,19,26H,8-11,14-15,18,20-22H2,1-2H3,(H,37,38). The van der Waals surface area contributed by atoms with E-state index in [1.807, 2.05) is 18.2 Å². The van der Waals surface area contributed by atoms with E-state index in [2.05, 4.69) is 50.6 Å². The lowest BCUT2D eigenvalue weighted by molar-refractivity contribution is -0.0382. The third kappa shape index (κ3) is 5.29. The number of nitrogens with zero attached hydrogens (tertiary/aromatic N) is 4. The van der Waals surface area contributed by atoms with Crippen LogP contribution in [0, 0.1) is 11.2 Å². The van der Waals surface area contributed by atoms with Crippen LogP contribution in [0.5, 0.6) is 23.0 Å². The van der Waals surface area contributed by atoms with Gasteiger partial charge in [0, 0.05) is 80.8 Å². The van der Waals surface area contributed by atoms with E-state index in [4.69, 9.17) is 14.2 Å². The first-order chi connectivity index (χ1) is 21.8. The summed E-state index contributed by atoms with van der Waals surface area (Å²) in [5.41, 5.74) is 3.20. The summed E-state index contributed by atoms with van der Waals surface area (Å²) in [5, 5.41) is 0.352. The molecule has 0 atom stereocenters. The number of hydrogen-bond donors (Lipinski definition) is 1. The molecule has 4 aliphatic rings. The first-order valence-electron chi connectivity index (χ1n) is 15.8. The monoisotopic (exact) mass is 611 g/mol. The molecule has 9 nitrogen and oxygen atoms in total. The largest absolute Gasteiger partial charge is 0.485 e. The lowest BCUT2D eigenvalue weighted by Gasteiger charge is -2.62. The molecule has 1 spiro atoms. The van der Waals surface area contributed by atoms with Crippen molar-refractivity contribution in [3.05, 3.63) is 71.8 Å². The lowest BCUT2D eigenvalue weighted by Crippen LogP contribution is -2.68. The number of hydrogen-bond acceptors (Lipinski definition) is 8. The molecular formula is C35H38FN5O4. The average Bonchev–Trinajstić information content (AvgIpc) is 3.36. The number of H-pyrrole nitrogens is 1. The van der Waals surface area contributed by atoms with Gasteiger partial charge in [0.2, 0.25) is 0 Å². The highest BCUT2D eigenvalue weighted by atomic mass is 19.1. The van der Waals surface area contributed by atoms with Crippen LogP contribution in [-0.4, -0.2) is 83.6 Å². The van der Waals surface area contributed by atoms with Crippen molar-refractivity contribution < 1.29 is 23.4 Å². The average molecular weight is 612 g/mol. The van der Waals surface area contributed by atoms with Gasteiger partial charge in [-0.15, -0.1) is 0 Å². The van der Waals surface area contributed by atoms with Gasteiger partial charge in [0.05, 0.1) is 17.1 Å². The molecule has 0 bridgehead atoms. The molecule has 0 radical (unpaired) electrons. The molecule has 45 heavy (non-hydrogen) atoms. The molecule has 4 aromatic rings. The van der Waals surface area contributed by atoms with Crippen molar-refractivity contribution in [2.45, 2.75) is 44.9 Å². The Morgan fingerprint density at radius 3 is 2.73 bits per heavy atom. The summed E-state index contributed by atoms with van der Waals surface area (Å²) >= 11 is 0. The van der Waals surface area contributed by atoms with Gasteiger partial charge >= 0.3 is 0 Å². The Labute approximate surface area is 261 Å². The van der Waals surface area contributed by atoms with Crippen LogP contribution in [0.4, 0.5) is 10.1 Å². The number of ether oxygens (including phenoxy) is 3. The number of nitrogens with one attached hydrogen (secondary N) is 1. The van der Waals surface area contributed by atoms with Crippen LogP contribution in [-0.2, 0) is 6.54 Å². The molecule has 2 aromatic carbocycles. The van der Waals surface area contributed by atoms with E-state index >= 15 is 0 Å². The first-order valence-corrected chi connectivity index (χ1v) is 15.8. The summed E-state index contributed by atoms with van der Waals surface area (Å²) in [7, 11) is 0. The molecule has 1 saturated carbocycles. The highest BCUT2D eigenvalue weighted by Gasteiger charge is 2.54. The summed E-state index contributed by atoms with van der Waals surface area (Å²) in [6, 6.07) is 14.2. The second-order valence-electron chi connectivity index (χ2n) is 13.8. The van der Waals surface area contributed by atoms with Gasteiger partial charge in [0.1, 0.15) is 35.2 Å². The van der Waals surface area contributed by atoms with Gasteiger partial charge in [-0.3, -0.25) is 14.6 Å². The molecule has 8 rings (SSSR count). The Bertz CT molecular complexity index is 1750. The number of carbonyl (C=O) groups is 1. The van der Waals surface area contributed by atoms with E-state index in [1.165, 1.54) is 30.8 Å². The maximum absolute atomic E-state index is 14.1. The molecule has 3 fully saturated rings. The Morgan fingerprint density at radius 1 is 1.11 bits per heavy atom. The number of benzene rings is 2. The summed E-state index contributed by atoms with van der Waals surface area (Å²) in [6.07, 6.45) is 6.03. The zero-order valence-electron chi connectivity index (χ0n) is 25.7. The number of piperazine rings is 1. The normalized spacial score (nSPS) is 21.0. The predicted octanol–water partition coefficient (Wildman–Crippen LogP) is 5.64. The number of para-hydroxylation sites is 1. The van der Waals surface area contributed by atoms with Crippen molar-refractivity contribution in [2.75, 3.05) is 50.8 Å². The van der Waals surface area contributed by atoms with Crippen LogP contribution >= 0.6 is 0 Å². The fourth-order valence-electron chi connectivity index (χ4n) is 7.47. The van der Waals surface area contributed by atoms with Crippen LogP contribution in [0.3, 0.4) is 0 Å². The minimum Gasteiger partial charge on any atom is -0.485 e. The molecule has 10 heteroatoms. The summed E-state index contributed by atoms with van der Waals surface area (Å²) in [4.78, 5) is 26.3. The molecule has 2 aromatic heterocycles. The zero-order chi connectivity index (χ0) is 30.8. The van der Waals surface area contributed by atoms with Crippen LogP contribution < -0.4 is 19.1 Å². The van der Waals surface area contributed by atoms with Crippen molar-refractivity contribution in [3.8, 4) is 23.0 Å². The number of rotatable bonds is 7. The quantitative estimate of drug-likeness (QED) is 0.269. The maximum Gasteiger partial charge on any atom is 0.165 e. The zero-order valence-corrected chi connectivity index (χ0v) is 25.7. The van der Waals surface area contributed by atoms with Crippen molar-refractivity contribution in [1.29, 1.82) is 0 Å². The number of aromatic nitrogens is 2. The van der Waals surface area contributed by atoms with Crippen LogP contribution in [0.1, 0.15) is 42.6 Å². The summed E-state index contributed by atoms with van der Waals surface area (Å²) < 4.78 is 32.4. The molecule has 3 aliphatic heterocycles. The summed E-state index contributed by atoms with van der Waals surface area (Å²) in [5.74, 6) is 2.20. The lowest BCUT2D eigenvalue weighted by atomic mass is 9.60. The highest BCUT2D eigenvalue weighted by molar-refractivity contribution is 5.82. The molecule has 2 saturated heterocycles. The van der Waals surface area contributed by atoms with Gasteiger partial charge in [-0.1, -0.05) is 12.1 Å². The number of aldehydes is 1. The van der Waals surface area contributed by atoms with Crippen molar-refractivity contribution in [1.82, 2.24) is 19.8 Å². The number of pyridine rings is 1. The van der Waals surface area contributed by atoms with Crippen molar-refractivity contribution >= 4 is 23.0 Å². The van der Waals surface area contributed by atoms with Crippen molar-refractivity contribution in [2.24, 2.45) is 5.41 Å². The van der Waals surface area contributed by atoms with Gasteiger partial charge in [0.25, 0.3) is 0 Å². The van der Waals surface area contributed by atoms with Gasteiger partial charge in [-0.25, -0.2) is 9.37 Å². The van der Waals surface area contributed by atoms with E-state index in [1.54, 1.807) is 12.1 Å². The fourth-order valence-corrected chi connectivity index (χ4v) is 7.47. The molecule has 234 valence electrons. The second kappa shape index (κ2) is 10.7. The minimum absolute atomic E-state index is 0.299. The van der Waals surface area contributed by atoms with E-state index in [0.717, 1.165) is 69.3 Å². The third-order valence-corrected chi connectivity index (χ3v) is 9.89. The SMILES string of the molecule is CC1(C)COc2c(CN3CCN(C4CC5(C4)CN(c4ccc(C=O)c(Oc6cnc7[nH]cc(F)c7c6)c4)C5)CC3)cccc2O1. The molecule has 1 N–H and O–H groups in total. The fraction of sp³-hybridized carbons (Fsp3) is 0.429. The third-order valence-electron chi connectivity index (χ3n) is 9.89. The Kier molecular flexibility index (Phi) is 6.76. The Morgan fingerprint density at radius 2 is 1.93 bits per heavy atom. The minimum atomic E-state index is -0.390. The van der Waals surface area contributed by atoms with Crippen LogP contribution in [0.15, 0.2) is 54.9 Å². The van der Waals surface area contributed by atoms with Gasteiger partial charge in [-0.05, 0) is 51.0 Å². The van der Waals surface area contributed by atoms with Crippen LogP contribution in [0.2, 0.25) is 0 Å². The van der Waals surface area contributed by atoms with Crippen molar-refractivity contribution in [3.63, 3.8) is 0 Å². The van der Waals surface area contributed by atoms with Gasteiger partial charge in [-0.2, -0.15) is 0 Å². The van der Waals surface area contributed by atoms with E-state index in [0.29, 0.717) is 46.2 Å². The predicted molar refractivity (Wildman–Crippen MR) is 169 cm³/mol. The Hall–Kier alpha value is -4.15.